The number of hydrogen-bond acceptors (Lipinski definition) is 3. The fourth-order valence-electron chi connectivity index (χ4n) is 2.66. The van der Waals surface area contributed by atoms with E-state index in [0.29, 0.717) is 18.8 Å². The van der Waals surface area contributed by atoms with E-state index >= 15 is 0 Å². The molecule has 150 valence electrons. The highest BCUT2D eigenvalue weighted by atomic mass is 79.9. The van der Waals surface area contributed by atoms with E-state index in [4.69, 9.17) is 9.47 Å². The minimum atomic E-state index is -0.581. The Labute approximate surface area is 184 Å². The van der Waals surface area contributed by atoms with Gasteiger partial charge in [-0.25, -0.2) is 0 Å². The average molecular weight is 510 g/mol. The lowest BCUT2D eigenvalue weighted by Crippen LogP contribution is -2.29. The maximum Gasteiger partial charge on any atom is 0.316 e. The second-order valence-electron chi connectivity index (χ2n) is 7.50. The van der Waals surface area contributed by atoms with Crippen LogP contribution in [0.15, 0.2) is 45.9 Å². The second-order valence-corrected chi connectivity index (χ2v) is 10.3. The molecule has 0 radical (unpaired) electrons. The van der Waals surface area contributed by atoms with Gasteiger partial charge in [-0.15, -0.1) is 0 Å². The largest absolute Gasteiger partial charge is 0.493 e. The summed E-state index contributed by atoms with van der Waals surface area (Å²) < 4.78 is 12.3. The number of aryl methyl sites for hydroxylation is 2. The Morgan fingerprint density at radius 2 is 1.75 bits per heavy atom. The number of carbonyl (C=O) groups excluding carboxylic acids is 1. The number of benzene rings is 2. The molecule has 0 amide bonds. The van der Waals surface area contributed by atoms with Gasteiger partial charge in [0.25, 0.3) is 0 Å². The molecule has 0 saturated carbocycles. The Bertz CT molecular complexity index is 835. The highest BCUT2D eigenvalue weighted by Crippen LogP contribution is 2.27. The lowest BCUT2D eigenvalue weighted by atomic mass is 9.88. The first kappa shape index (κ1) is 22.7. The number of halogens is 2. The molecule has 28 heavy (non-hydrogen) atoms. The summed E-state index contributed by atoms with van der Waals surface area (Å²) in [6.07, 6.45) is 3.39. The summed E-state index contributed by atoms with van der Waals surface area (Å²) in [5.74, 6) is 1.22. The van der Waals surface area contributed by atoms with Gasteiger partial charge >= 0.3 is 5.97 Å². The van der Waals surface area contributed by atoms with Crippen LogP contribution in [0.2, 0.25) is 0 Å². The highest BCUT2D eigenvalue weighted by Gasteiger charge is 2.29. The summed E-state index contributed by atoms with van der Waals surface area (Å²) in [6, 6.07) is 13.6. The van der Waals surface area contributed by atoms with Crippen LogP contribution in [0.3, 0.4) is 0 Å². The number of hydrogen-bond donors (Lipinski definition) is 0. The van der Waals surface area contributed by atoms with Gasteiger partial charge in [0, 0.05) is 0 Å². The number of ether oxygens (including phenoxy) is 2. The van der Waals surface area contributed by atoms with Crippen molar-refractivity contribution in [2.24, 2.45) is 5.41 Å². The molecular weight excluding hydrogens is 484 g/mol. The zero-order valence-electron chi connectivity index (χ0n) is 16.7. The first-order valence-corrected chi connectivity index (χ1v) is 10.8. The lowest BCUT2D eigenvalue weighted by molar-refractivity contribution is -0.144. The van der Waals surface area contributed by atoms with Crippen molar-refractivity contribution in [3.05, 3.63) is 62.5 Å². The van der Waals surface area contributed by atoms with Crippen LogP contribution in [-0.4, -0.2) is 12.6 Å². The molecule has 0 N–H and O–H groups in total. The molecule has 0 aliphatic rings. The van der Waals surface area contributed by atoms with E-state index in [1.807, 2.05) is 52.0 Å². The lowest BCUT2D eigenvalue weighted by Gasteiger charge is -2.22. The van der Waals surface area contributed by atoms with Crippen LogP contribution < -0.4 is 9.47 Å². The molecule has 0 saturated heterocycles. The first-order valence-electron chi connectivity index (χ1n) is 9.22. The van der Waals surface area contributed by atoms with Crippen molar-refractivity contribution in [1.29, 1.82) is 0 Å². The minimum Gasteiger partial charge on any atom is -0.493 e. The van der Waals surface area contributed by atoms with Gasteiger partial charge in [0.15, 0.2) is 0 Å². The quantitative estimate of drug-likeness (QED) is 0.214. The first-order chi connectivity index (χ1) is 13.2. The van der Waals surface area contributed by atoms with Crippen LogP contribution in [0.5, 0.6) is 11.5 Å². The molecule has 0 spiro atoms. The Balaban J connectivity index is 1.85. The molecule has 3 nitrogen and oxygen atoms in total. The third-order valence-electron chi connectivity index (χ3n) is 4.47. The molecule has 0 aliphatic carbocycles. The molecule has 0 unspecified atom stereocenters. The van der Waals surface area contributed by atoms with Gasteiger partial charge in [0.1, 0.15) is 11.5 Å². The normalized spacial score (nSPS) is 11.1. The van der Waals surface area contributed by atoms with Crippen LogP contribution in [0.4, 0.5) is 0 Å². The smallest absolute Gasteiger partial charge is 0.316 e. The Morgan fingerprint density at radius 1 is 1.07 bits per heavy atom. The molecule has 0 aromatic heterocycles. The van der Waals surface area contributed by atoms with Crippen molar-refractivity contribution in [3.63, 3.8) is 0 Å². The maximum absolute atomic E-state index is 12.6. The zero-order chi connectivity index (χ0) is 20.7. The predicted molar refractivity (Wildman–Crippen MR) is 122 cm³/mol. The fourth-order valence-corrected chi connectivity index (χ4v) is 3.19. The minimum absolute atomic E-state index is 0.232. The van der Waals surface area contributed by atoms with Crippen molar-refractivity contribution < 1.29 is 14.3 Å². The van der Waals surface area contributed by atoms with Gasteiger partial charge in [0.05, 0.1) is 15.4 Å². The zero-order valence-corrected chi connectivity index (χ0v) is 19.9. The molecule has 2 rings (SSSR count). The van der Waals surface area contributed by atoms with Crippen LogP contribution >= 0.6 is 31.9 Å². The number of rotatable bonds is 8. The third-order valence-corrected chi connectivity index (χ3v) is 4.92. The molecule has 0 fully saturated rings. The van der Waals surface area contributed by atoms with Gasteiger partial charge in [0.2, 0.25) is 0 Å². The van der Waals surface area contributed by atoms with Crippen molar-refractivity contribution in [2.75, 3.05) is 6.61 Å². The predicted octanol–water partition coefficient (Wildman–Crippen LogP) is 7.18. The van der Waals surface area contributed by atoms with Crippen molar-refractivity contribution in [3.8, 4) is 11.5 Å². The molecule has 2 aromatic rings. The third kappa shape index (κ3) is 7.10. The summed E-state index contributed by atoms with van der Waals surface area (Å²) in [5.41, 5.74) is 2.72. The van der Waals surface area contributed by atoms with Gasteiger partial charge in [-0.05, 0) is 113 Å². The summed E-state index contributed by atoms with van der Waals surface area (Å²) in [6.45, 7) is 8.47. The van der Waals surface area contributed by atoms with Gasteiger partial charge < -0.3 is 9.47 Å². The second kappa shape index (κ2) is 10.3. The van der Waals surface area contributed by atoms with Crippen molar-refractivity contribution >= 4 is 43.9 Å². The van der Waals surface area contributed by atoms with Crippen LogP contribution in [0.1, 0.15) is 43.4 Å². The van der Waals surface area contributed by atoms with E-state index in [1.54, 1.807) is 12.1 Å². The van der Waals surface area contributed by atoms with Crippen LogP contribution in [0, 0.1) is 19.3 Å². The van der Waals surface area contributed by atoms with Gasteiger partial charge in [-0.3, -0.25) is 4.79 Å². The van der Waals surface area contributed by atoms with E-state index in [1.165, 1.54) is 5.56 Å². The van der Waals surface area contributed by atoms with Crippen molar-refractivity contribution in [2.45, 2.75) is 40.5 Å². The summed E-state index contributed by atoms with van der Waals surface area (Å²) in [7, 11) is 0. The SMILES string of the molecule is Cc1ccc(C)c(OCCCC(C)(C)C(=O)Oc2ccc(C=C(Br)Br)cc2)c1. The molecule has 5 heteroatoms. The number of carbonyl (C=O) groups is 1. The standard InChI is InChI=1S/C23H26Br2O3/c1-16-6-7-17(2)20(14-16)27-13-5-12-23(3,4)22(26)28-19-10-8-18(9-11-19)15-21(24)25/h6-11,14-15H,5,12-13H2,1-4H3. The van der Waals surface area contributed by atoms with Gasteiger partial charge in [-0.2, -0.15) is 0 Å². The van der Waals surface area contributed by atoms with E-state index in [9.17, 15) is 4.79 Å². The Morgan fingerprint density at radius 3 is 2.39 bits per heavy atom. The molecule has 0 aliphatic heterocycles. The molecule has 2 aromatic carbocycles. The van der Waals surface area contributed by atoms with E-state index in [2.05, 4.69) is 44.0 Å². The molecule has 0 heterocycles. The summed E-state index contributed by atoms with van der Waals surface area (Å²) in [5, 5.41) is 0. The fraction of sp³-hybridized carbons (Fsp3) is 0.348. The monoisotopic (exact) mass is 508 g/mol. The molecule has 0 atom stereocenters. The maximum atomic E-state index is 12.6. The average Bonchev–Trinajstić information content (AvgIpc) is 2.62. The van der Waals surface area contributed by atoms with Crippen LogP contribution in [-0.2, 0) is 4.79 Å². The molecular formula is C23H26Br2O3. The van der Waals surface area contributed by atoms with E-state index in [0.717, 1.165) is 26.7 Å². The number of esters is 1. The Kier molecular flexibility index (Phi) is 8.32. The van der Waals surface area contributed by atoms with Crippen molar-refractivity contribution in [1.82, 2.24) is 0 Å². The van der Waals surface area contributed by atoms with E-state index in [-0.39, 0.29) is 5.97 Å². The van der Waals surface area contributed by atoms with Crippen LogP contribution in [0.25, 0.3) is 6.08 Å². The Hall–Kier alpha value is -1.59. The topological polar surface area (TPSA) is 35.5 Å². The molecule has 0 bridgehead atoms. The van der Waals surface area contributed by atoms with Gasteiger partial charge in [-0.1, -0.05) is 24.3 Å². The highest BCUT2D eigenvalue weighted by molar-refractivity contribution is 9.28. The summed E-state index contributed by atoms with van der Waals surface area (Å²) >= 11 is 6.66. The van der Waals surface area contributed by atoms with E-state index < -0.39 is 5.41 Å². The summed E-state index contributed by atoms with van der Waals surface area (Å²) in [4.78, 5) is 12.6.